The van der Waals surface area contributed by atoms with Crippen molar-refractivity contribution < 1.29 is 0 Å². The first-order chi connectivity index (χ1) is 13.0. The first-order valence-electron chi connectivity index (χ1n) is 9.12. The number of thioether (sulfide) groups is 2. The highest BCUT2D eigenvalue weighted by Gasteiger charge is 2.21. The molecule has 4 heteroatoms. The van der Waals surface area contributed by atoms with Crippen LogP contribution >= 0.6 is 47.1 Å². The molecule has 3 aromatic rings. The van der Waals surface area contributed by atoms with Gasteiger partial charge in [-0.05, 0) is 11.1 Å². The van der Waals surface area contributed by atoms with E-state index in [1.165, 1.54) is 31.4 Å². The zero-order chi connectivity index (χ0) is 19.4. The molecule has 0 radical (unpaired) electrons. The average Bonchev–Trinajstić information content (AvgIpc) is 2.62. The summed E-state index contributed by atoms with van der Waals surface area (Å²) in [5.74, 6) is 0. The third kappa shape index (κ3) is 5.05. The van der Waals surface area contributed by atoms with E-state index in [0.29, 0.717) is 10.5 Å². The molecule has 0 bridgehead atoms. The highest BCUT2D eigenvalue weighted by atomic mass is 32.2. The zero-order valence-corrected chi connectivity index (χ0v) is 19.3. The van der Waals surface area contributed by atoms with Crippen molar-refractivity contribution in [2.75, 3.05) is 0 Å². The fourth-order valence-corrected chi connectivity index (χ4v) is 7.49. The van der Waals surface area contributed by atoms with E-state index < -0.39 is 0 Å². The van der Waals surface area contributed by atoms with Crippen LogP contribution in [-0.2, 0) is 0 Å². The summed E-state index contributed by atoms with van der Waals surface area (Å²) >= 11 is 11.5. The molecule has 0 saturated heterocycles. The van der Waals surface area contributed by atoms with E-state index in [1.807, 2.05) is 23.5 Å². The molecule has 0 saturated carbocycles. The molecule has 0 atom stereocenters. The van der Waals surface area contributed by atoms with Gasteiger partial charge in [0.25, 0.3) is 0 Å². The summed E-state index contributed by atoms with van der Waals surface area (Å²) in [6, 6.07) is 21.4. The molecule has 0 aliphatic heterocycles. The molecular formula is C23H24S4. The van der Waals surface area contributed by atoms with Crippen LogP contribution in [-0.4, -0.2) is 10.5 Å². The fraction of sp³-hybridized carbons (Fsp3) is 0.261. The van der Waals surface area contributed by atoms with Crippen LogP contribution in [0.1, 0.15) is 27.7 Å². The van der Waals surface area contributed by atoms with E-state index in [4.69, 9.17) is 12.2 Å². The maximum absolute atomic E-state index is 5.92. The SMILES string of the molecule is CC(C)Sc1sc(=S)c(-c2ccccc2)c(SC(C)C)c1-c1ccccc1. The first kappa shape index (κ1) is 20.7. The Morgan fingerprint density at radius 3 is 1.67 bits per heavy atom. The Balaban J connectivity index is 2.37. The Bertz CT molecular complexity index is 941. The molecule has 0 fully saturated rings. The van der Waals surface area contributed by atoms with Gasteiger partial charge in [-0.2, -0.15) is 0 Å². The van der Waals surface area contributed by atoms with E-state index in [0.717, 1.165) is 3.82 Å². The van der Waals surface area contributed by atoms with E-state index >= 15 is 0 Å². The van der Waals surface area contributed by atoms with Gasteiger partial charge < -0.3 is 0 Å². The van der Waals surface area contributed by atoms with Crippen LogP contribution in [0.2, 0.25) is 0 Å². The van der Waals surface area contributed by atoms with Crippen LogP contribution in [0.15, 0.2) is 69.8 Å². The number of hydrogen-bond acceptors (Lipinski definition) is 4. The maximum Gasteiger partial charge on any atom is 0.100 e. The zero-order valence-electron chi connectivity index (χ0n) is 16.1. The predicted molar refractivity (Wildman–Crippen MR) is 128 cm³/mol. The van der Waals surface area contributed by atoms with Gasteiger partial charge in [0.1, 0.15) is 3.82 Å². The van der Waals surface area contributed by atoms with Crippen molar-refractivity contribution in [1.82, 2.24) is 0 Å². The van der Waals surface area contributed by atoms with Gasteiger partial charge in [0.2, 0.25) is 0 Å². The van der Waals surface area contributed by atoms with Crippen LogP contribution in [0, 0.1) is 3.82 Å². The lowest BCUT2D eigenvalue weighted by Gasteiger charge is -2.20. The minimum absolute atomic E-state index is 0.480. The molecular weight excluding hydrogens is 405 g/mol. The average molecular weight is 429 g/mol. The van der Waals surface area contributed by atoms with Crippen LogP contribution in [0.3, 0.4) is 0 Å². The summed E-state index contributed by atoms with van der Waals surface area (Å²) in [6.45, 7) is 9.00. The van der Waals surface area contributed by atoms with Crippen molar-refractivity contribution in [2.45, 2.75) is 47.3 Å². The first-order valence-corrected chi connectivity index (χ1v) is 12.1. The van der Waals surface area contributed by atoms with E-state index in [-0.39, 0.29) is 0 Å². The van der Waals surface area contributed by atoms with Gasteiger partial charge in [-0.15, -0.1) is 34.9 Å². The normalized spacial score (nSPS) is 11.3. The molecule has 3 rings (SSSR count). The van der Waals surface area contributed by atoms with Gasteiger partial charge >= 0.3 is 0 Å². The van der Waals surface area contributed by atoms with Crippen molar-refractivity contribution in [3.05, 3.63) is 64.5 Å². The Morgan fingerprint density at radius 2 is 1.19 bits per heavy atom. The van der Waals surface area contributed by atoms with Crippen LogP contribution in [0.25, 0.3) is 22.3 Å². The van der Waals surface area contributed by atoms with Gasteiger partial charge in [0.05, 0.1) is 4.21 Å². The van der Waals surface area contributed by atoms with Gasteiger partial charge in [-0.3, -0.25) is 0 Å². The second-order valence-electron chi connectivity index (χ2n) is 6.82. The molecule has 0 amide bonds. The molecule has 0 N–H and O–H groups in total. The Hall–Kier alpha value is -1.07. The fourth-order valence-electron chi connectivity index (χ4n) is 2.85. The lowest BCUT2D eigenvalue weighted by molar-refractivity contribution is 1.11. The quantitative estimate of drug-likeness (QED) is 0.284. The highest BCUT2D eigenvalue weighted by Crippen LogP contribution is 2.49. The lowest BCUT2D eigenvalue weighted by Crippen LogP contribution is -1.96. The van der Waals surface area contributed by atoms with E-state index in [2.05, 4.69) is 88.4 Å². The Morgan fingerprint density at radius 1 is 0.704 bits per heavy atom. The molecule has 0 aliphatic rings. The third-order valence-electron chi connectivity index (χ3n) is 3.87. The summed E-state index contributed by atoms with van der Waals surface area (Å²) < 4.78 is 2.30. The van der Waals surface area contributed by atoms with E-state index in [9.17, 15) is 0 Å². The second kappa shape index (κ2) is 9.42. The monoisotopic (exact) mass is 428 g/mol. The smallest absolute Gasteiger partial charge is 0.100 e. The van der Waals surface area contributed by atoms with Crippen molar-refractivity contribution in [2.24, 2.45) is 0 Å². The minimum Gasteiger partial charge on any atom is -0.122 e. The van der Waals surface area contributed by atoms with Crippen LogP contribution in [0.5, 0.6) is 0 Å². The third-order valence-corrected chi connectivity index (χ3v) is 7.65. The molecule has 140 valence electrons. The topological polar surface area (TPSA) is 0 Å². The summed E-state index contributed by atoms with van der Waals surface area (Å²) in [5, 5.41) is 0.992. The van der Waals surface area contributed by atoms with E-state index in [1.54, 1.807) is 11.3 Å². The number of rotatable bonds is 6. The number of benzene rings is 2. The van der Waals surface area contributed by atoms with Crippen molar-refractivity contribution >= 4 is 47.1 Å². The largest absolute Gasteiger partial charge is 0.122 e. The van der Waals surface area contributed by atoms with Crippen LogP contribution < -0.4 is 0 Å². The maximum atomic E-state index is 5.92. The van der Waals surface area contributed by atoms with Gasteiger partial charge in [-0.25, -0.2) is 0 Å². The van der Waals surface area contributed by atoms with Crippen molar-refractivity contribution in [3.63, 3.8) is 0 Å². The molecule has 0 unspecified atom stereocenters. The minimum atomic E-state index is 0.480. The van der Waals surface area contributed by atoms with Gasteiger partial charge in [0, 0.05) is 26.5 Å². The lowest BCUT2D eigenvalue weighted by atomic mass is 10.0. The molecule has 27 heavy (non-hydrogen) atoms. The predicted octanol–water partition coefficient (Wildman–Crippen LogP) is 8.81. The molecule has 0 spiro atoms. The molecule has 0 nitrogen and oxygen atoms in total. The van der Waals surface area contributed by atoms with Crippen molar-refractivity contribution in [1.29, 1.82) is 0 Å². The summed E-state index contributed by atoms with van der Waals surface area (Å²) in [7, 11) is 0. The Labute approximate surface area is 180 Å². The molecule has 1 heterocycles. The summed E-state index contributed by atoms with van der Waals surface area (Å²) in [5.41, 5.74) is 5.03. The molecule has 0 aliphatic carbocycles. The van der Waals surface area contributed by atoms with Crippen LogP contribution in [0.4, 0.5) is 0 Å². The summed E-state index contributed by atoms with van der Waals surface area (Å²) in [6.07, 6.45) is 0. The highest BCUT2D eigenvalue weighted by molar-refractivity contribution is 8.02. The summed E-state index contributed by atoms with van der Waals surface area (Å²) in [4.78, 5) is 1.31. The number of hydrogen-bond donors (Lipinski definition) is 0. The molecule has 1 aromatic heterocycles. The van der Waals surface area contributed by atoms with Gasteiger partial charge in [-0.1, -0.05) is 101 Å². The Kier molecular flexibility index (Phi) is 7.21. The second-order valence-corrected chi connectivity index (χ2v) is 11.9. The van der Waals surface area contributed by atoms with Gasteiger partial charge in [0.15, 0.2) is 0 Å². The standard InChI is InChI=1S/C23H24S4/c1-15(2)25-21-19(17-11-7-5-8-12-17)22(24)27-23(26-16(3)4)20(21)18-13-9-6-10-14-18/h5-16H,1-4H3. The van der Waals surface area contributed by atoms with Crippen molar-refractivity contribution in [3.8, 4) is 22.3 Å². The molecule has 2 aromatic carbocycles.